The SMILES string of the molecule is COc1ccccc1-c1cc(F)c2c(c1)CC(COS(=O)(=O)c1ccc(C)cc1)O2. The molecular weight excluding hydrogens is 407 g/mol. The van der Waals surface area contributed by atoms with Crippen LogP contribution in [0.5, 0.6) is 11.5 Å². The lowest BCUT2D eigenvalue weighted by atomic mass is 10.00. The van der Waals surface area contributed by atoms with E-state index in [9.17, 15) is 12.8 Å². The van der Waals surface area contributed by atoms with Crippen molar-refractivity contribution in [3.63, 3.8) is 0 Å². The number of aryl methyl sites for hydroxylation is 1. The van der Waals surface area contributed by atoms with Crippen LogP contribution in [0.1, 0.15) is 11.1 Å². The molecule has 156 valence electrons. The van der Waals surface area contributed by atoms with Gasteiger partial charge in [-0.1, -0.05) is 35.9 Å². The number of para-hydroxylation sites is 1. The van der Waals surface area contributed by atoms with E-state index < -0.39 is 22.0 Å². The molecular formula is C23H21FO5S. The summed E-state index contributed by atoms with van der Waals surface area (Å²) in [6, 6.07) is 17.0. The number of ether oxygens (including phenoxy) is 2. The molecule has 1 heterocycles. The van der Waals surface area contributed by atoms with Crippen LogP contribution < -0.4 is 9.47 Å². The largest absolute Gasteiger partial charge is 0.496 e. The van der Waals surface area contributed by atoms with E-state index in [-0.39, 0.29) is 17.3 Å². The quantitative estimate of drug-likeness (QED) is 0.541. The first-order valence-corrected chi connectivity index (χ1v) is 10.9. The highest BCUT2D eigenvalue weighted by molar-refractivity contribution is 7.86. The first-order chi connectivity index (χ1) is 14.4. The maximum absolute atomic E-state index is 14.7. The molecule has 4 rings (SSSR count). The summed E-state index contributed by atoms with van der Waals surface area (Å²) in [7, 11) is -2.35. The van der Waals surface area contributed by atoms with Gasteiger partial charge < -0.3 is 9.47 Å². The van der Waals surface area contributed by atoms with Crippen LogP contribution in [-0.4, -0.2) is 28.2 Å². The summed E-state index contributed by atoms with van der Waals surface area (Å²) in [6.07, 6.45) is -0.249. The third-order valence-electron chi connectivity index (χ3n) is 4.99. The van der Waals surface area contributed by atoms with Gasteiger partial charge in [-0.3, -0.25) is 4.18 Å². The van der Waals surface area contributed by atoms with Crippen molar-refractivity contribution in [1.82, 2.24) is 0 Å². The lowest BCUT2D eigenvalue weighted by Gasteiger charge is -2.12. The second-order valence-electron chi connectivity index (χ2n) is 7.14. The van der Waals surface area contributed by atoms with Gasteiger partial charge in [0.2, 0.25) is 0 Å². The van der Waals surface area contributed by atoms with Gasteiger partial charge in [-0.15, -0.1) is 0 Å². The fourth-order valence-electron chi connectivity index (χ4n) is 3.46. The third-order valence-corrected chi connectivity index (χ3v) is 6.29. The molecule has 1 atom stereocenters. The van der Waals surface area contributed by atoms with Crippen LogP contribution in [0.2, 0.25) is 0 Å². The molecule has 1 unspecified atom stereocenters. The molecule has 0 N–H and O–H groups in total. The Morgan fingerprint density at radius 2 is 1.83 bits per heavy atom. The number of methoxy groups -OCH3 is 1. The van der Waals surface area contributed by atoms with Crippen LogP contribution in [0.4, 0.5) is 4.39 Å². The topological polar surface area (TPSA) is 61.8 Å². The molecule has 0 saturated carbocycles. The van der Waals surface area contributed by atoms with Gasteiger partial charge in [0.05, 0.1) is 12.0 Å². The predicted octanol–water partition coefficient (Wildman–Crippen LogP) is 4.52. The molecule has 0 saturated heterocycles. The number of hydrogen-bond acceptors (Lipinski definition) is 5. The van der Waals surface area contributed by atoms with E-state index in [2.05, 4.69) is 0 Å². The van der Waals surface area contributed by atoms with Crippen molar-refractivity contribution in [3.8, 4) is 22.6 Å². The van der Waals surface area contributed by atoms with Crippen LogP contribution in [0.3, 0.4) is 0 Å². The van der Waals surface area contributed by atoms with Crippen LogP contribution in [0.15, 0.2) is 65.6 Å². The summed E-state index contributed by atoms with van der Waals surface area (Å²) in [5, 5.41) is 0. The summed E-state index contributed by atoms with van der Waals surface area (Å²) in [4.78, 5) is 0.0771. The minimum absolute atomic E-state index is 0.0771. The Morgan fingerprint density at radius 3 is 2.57 bits per heavy atom. The minimum Gasteiger partial charge on any atom is -0.496 e. The summed E-state index contributed by atoms with van der Waals surface area (Å²) in [6.45, 7) is 1.67. The van der Waals surface area contributed by atoms with Crippen molar-refractivity contribution in [1.29, 1.82) is 0 Å². The summed E-state index contributed by atoms with van der Waals surface area (Å²) < 4.78 is 55.6. The second kappa shape index (κ2) is 8.08. The summed E-state index contributed by atoms with van der Waals surface area (Å²) in [5.74, 6) is 0.270. The average molecular weight is 428 g/mol. The van der Waals surface area contributed by atoms with E-state index in [0.29, 0.717) is 23.3 Å². The molecule has 7 heteroatoms. The van der Waals surface area contributed by atoms with Crippen molar-refractivity contribution in [2.24, 2.45) is 0 Å². The highest BCUT2D eigenvalue weighted by Crippen LogP contribution is 2.38. The van der Waals surface area contributed by atoms with Gasteiger partial charge >= 0.3 is 0 Å². The summed E-state index contributed by atoms with van der Waals surface area (Å²) in [5.41, 5.74) is 3.05. The van der Waals surface area contributed by atoms with Crippen molar-refractivity contribution in [2.45, 2.75) is 24.3 Å². The van der Waals surface area contributed by atoms with Gasteiger partial charge in [0.1, 0.15) is 18.5 Å². The third kappa shape index (κ3) is 4.04. The Balaban J connectivity index is 1.51. The van der Waals surface area contributed by atoms with Crippen molar-refractivity contribution in [3.05, 3.63) is 77.6 Å². The highest BCUT2D eigenvalue weighted by Gasteiger charge is 2.29. The Labute approximate surface area is 175 Å². The van der Waals surface area contributed by atoms with E-state index in [4.69, 9.17) is 13.7 Å². The lowest BCUT2D eigenvalue weighted by molar-refractivity contribution is 0.148. The zero-order valence-corrected chi connectivity index (χ0v) is 17.4. The smallest absolute Gasteiger partial charge is 0.297 e. The maximum atomic E-state index is 14.7. The molecule has 3 aromatic carbocycles. The molecule has 0 radical (unpaired) electrons. The molecule has 3 aromatic rings. The summed E-state index contributed by atoms with van der Waals surface area (Å²) >= 11 is 0. The Morgan fingerprint density at radius 1 is 1.10 bits per heavy atom. The van der Waals surface area contributed by atoms with Crippen LogP contribution in [0, 0.1) is 12.7 Å². The van der Waals surface area contributed by atoms with Gasteiger partial charge in [0.15, 0.2) is 11.6 Å². The fourth-order valence-corrected chi connectivity index (χ4v) is 4.39. The Hall–Kier alpha value is -2.90. The lowest BCUT2D eigenvalue weighted by Crippen LogP contribution is -2.23. The van der Waals surface area contributed by atoms with Crippen molar-refractivity contribution >= 4 is 10.1 Å². The van der Waals surface area contributed by atoms with E-state index in [0.717, 1.165) is 11.1 Å². The van der Waals surface area contributed by atoms with Crippen LogP contribution in [0.25, 0.3) is 11.1 Å². The van der Waals surface area contributed by atoms with Crippen molar-refractivity contribution < 1.29 is 26.5 Å². The first kappa shape index (κ1) is 20.4. The van der Waals surface area contributed by atoms with Gasteiger partial charge in [-0.05, 0) is 42.8 Å². The highest BCUT2D eigenvalue weighted by atomic mass is 32.2. The molecule has 0 aromatic heterocycles. The number of rotatable bonds is 6. The van der Waals surface area contributed by atoms with E-state index in [1.165, 1.54) is 18.2 Å². The van der Waals surface area contributed by atoms with Gasteiger partial charge in [-0.25, -0.2) is 4.39 Å². The Bertz CT molecular complexity index is 1170. The van der Waals surface area contributed by atoms with E-state index >= 15 is 0 Å². The Kier molecular flexibility index (Phi) is 5.49. The molecule has 5 nitrogen and oxygen atoms in total. The molecule has 1 aliphatic heterocycles. The average Bonchev–Trinajstić information content (AvgIpc) is 3.16. The number of fused-ring (bicyclic) bond motifs is 1. The molecule has 1 aliphatic rings. The van der Waals surface area contributed by atoms with Crippen LogP contribution in [-0.2, 0) is 20.7 Å². The first-order valence-electron chi connectivity index (χ1n) is 9.46. The fraction of sp³-hybridized carbons (Fsp3) is 0.217. The molecule has 0 fully saturated rings. The number of hydrogen-bond donors (Lipinski definition) is 0. The molecule has 0 amide bonds. The zero-order chi connectivity index (χ0) is 21.3. The normalized spacial score (nSPS) is 15.5. The zero-order valence-electron chi connectivity index (χ0n) is 16.6. The van der Waals surface area contributed by atoms with E-state index in [1.807, 2.05) is 37.3 Å². The predicted molar refractivity (Wildman–Crippen MR) is 111 cm³/mol. The maximum Gasteiger partial charge on any atom is 0.297 e. The standard InChI is InChI=1S/C23H21FO5S/c1-15-7-9-19(10-8-15)30(25,26)28-14-18-12-17-11-16(13-21(24)23(17)29-18)20-5-3-4-6-22(20)27-2/h3-11,13,18H,12,14H2,1-2H3. The van der Waals surface area contributed by atoms with E-state index in [1.54, 1.807) is 19.2 Å². The van der Waals surface area contributed by atoms with Gasteiger partial charge in [-0.2, -0.15) is 8.42 Å². The minimum atomic E-state index is -3.91. The van der Waals surface area contributed by atoms with Crippen LogP contribution >= 0.6 is 0 Å². The molecule has 0 aliphatic carbocycles. The van der Waals surface area contributed by atoms with Gasteiger partial charge in [0.25, 0.3) is 10.1 Å². The second-order valence-corrected chi connectivity index (χ2v) is 8.76. The van der Waals surface area contributed by atoms with Gasteiger partial charge in [0, 0.05) is 17.5 Å². The molecule has 0 bridgehead atoms. The number of benzene rings is 3. The molecule has 0 spiro atoms. The molecule has 30 heavy (non-hydrogen) atoms. The van der Waals surface area contributed by atoms with Crippen molar-refractivity contribution in [2.75, 3.05) is 13.7 Å². The number of halogens is 1. The monoisotopic (exact) mass is 428 g/mol.